The van der Waals surface area contributed by atoms with E-state index in [9.17, 15) is 0 Å². The highest BCUT2D eigenvalue weighted by molar-refractivity contribution is 7.99. The molecule has 0 aromatic heterocycles. The van der Waals surface area contributed by atoms with Gasteiger partial charge in [0, 0.05) is 6.42 Å². The molecule has 0 aliphatic carbocycles. The summed E-state index contributed by atoms with van der Waals surface area (Å²) in [5.41, 5.74) is 1.26. The van der Waals surface area contributed by atoms with Gasteiger partial charge in [0.1, 0.15) is 5.75 Å². The van der Waals surface area contributed by atoms with Crippen molar-refractivity contribution in [2.24, 2.45) is 0 Å². The predicted octanol–water partition coefficient (Wildman–Crippen LogP) is 4.19. The van der Waals surface area contributed by atoms with Crippen LogP contribution >= 0.6 is 11.8 Å². The second-order valence-corrected chi connectivity index (χ2v) is 5.47. The average Bonchev–Trinajstić information content (AvgIpc) is 2.39. The normalized spacial score (nSPS) is 10.0. The number of ether oxygens (including phenoxy) is 1. The van der Waals surface area contributed by atoms with E-state index in [1.807, 2.05) is 23.9 Å². The Bertz CT molecular complexity index is 356. The quantitative estimate of drug-likeness (QED) is 0.626. The number of aryl methyl sites for hydroxylation is 1. The molecule has 2 nitrogen and oxygen atoms in total. The van der Waals surface area contributed by atoms with Crippen LogP contribution in [-0.2, 0) is 0 Å². The minimum atomic E-state index is 0.684. The molecule has 0 N–H and O–H groups in total. The first-order valence-electron chi connectivity index (χ1n) is 6.47. The number of benzene rings is 1. The fourth-order valence-corrected chi connectivity index (χ4v) is 2.45. The lowest BCUT2D eigenvalue weighted by Gasteiger charge is -2.06. The molecule has 1 aromatic rings. The summed E-state index contributed by atoms with van der Waals surface area (Å²) in [5.74, 6) is 3.23. The SMILES string of the molecule is Cc1ccc(OCCCCSCCCC#N)cc1. The molecule has 0 spiro atoms. The Balaban J connectivity index is 1.93. The van der Waals surface area contributed by atoms with Crippen LogP contribution in [0.3, 0.4) is 0 Å². The maximum atomic E-state index is 8.39. The largest absolute Gasteiger partial charge is 0.494 e. The van der Waals surface area contributed by atoms with Crippen LogP contribution in [0.5, 0.6) is 5.75 Å². The smallest absolute Gasteiger partial charge is 0.119 e. The second kappa shape index (κ2) is 9.85. The molecule has 0 saturated carbocycles. The zero-order chi connectivity index (χ0) is 13.1. The summed E-state index contributed by atoms with van der Waals surface area (Å²) in [7, 11) is 0. The molecule has 3 heteroatoms. The van der Waals surface area contributed by atoms with Gasteiger partial charge in [0.15, 0.2) is 0 Å². The Kier molecular flexibility index (Phi) is 8.16. The fraction of sp³-hybridized carbons (Fsp3) is 0.533. The van der Waals surface area contributed by atoms with Crippen molar-refractivity contribution >= 4 is 11.8 Å². The van der Waals surface area contributed by atoms with Gasteiger partial charge in [-0.15, -0.1) is 0 Å². The topological polar surface area (TPSA) is 33.0 Å². The van der Waals surface area contributed by atoms with Crippen molar-refractivity contribution < 1.29 is 4.74 Å². The highest BCUT2D eigenvalue weighted by Gasteiger charge is 1.94. The van der Waals surface area contributed by atoms with Crippen LogP contribution in [0.15, 0.2) is 24.3 Å². The minimum Gasteiger partial charge on any atom is -0.494 e. The molecule has 0 bridgehead atoms. The van der Waals surface area contributed by atoms with E-state index in [-0.39, 0.29) is 0 Å². The van der Waals surface area contributed by atoms with E-state index in [1.54, 1.807) is 0 Å². The molecule has 0 unspecified atom stereocenters. The molecule has 0 atom stereocenters. The molecule has 0 saturated heterocycles. The number of nitriles is 1. The Morgan fingerprint density at radius 2 is 1.83 bits per heavy atom. The summed E-state index contributed by atoms with van der Waals surface area (Å²) in [6, 6.07) is 10.3. The number of hydrogen-bond donors (Lipinski definition) is 0. The molecule has 98 valence electrons. The average molecular weight is 263 g/mol. The van der Waals surface area contributed by atoms with E-state index in [1.165, 1.54) is 17.7 Å². The molecule has 18 heavy (non-hydrogen) atoms. The molecule has 0 heterocycles. The monoisotopic (exact) mass is 263 g/mol. The molecular weight excluding hydrogens is 242 g/mol. The third-order valence-electron chi connectivity index (χ3n) is 2.55. The van der Waals surface area contributed by atoms with Crippen molar-refractivity contribution in [2.45, 2.75) is 32.6 Å². The zero-order valence-corrected chi connectivity index (χ0v) is 11.8. The van der Waals surface area contributed by atoms with Gasteiger partial charge in [-0.3, -0.25) is 0 Å². The molecule has 0 aliphatic heterocycles. The van der Waals surface area contributed by atoms with E-state index in [0.29, 0.717) is 6.42 Å². The Morgan fingerprint density at radius 3 is 2.56 bits per heavy atom. The van der Waals surface area contributed by atoms with E-state index in [2.05, 4.69) is 25.1 Å². The molecule has 0 aliphatic rings. The second-order valence-electron chi connectivity index (χ2n) is 4.24. The molecular formula is C15H21NOS. The van der Waals surface area contributed by atoms with Crippen LogP contribution < -0.4 is 4.74 Å². The first-order chi connectivity index (χ1) is 8.83. The van der Waals surface area contributed by atoms with Crippen LogP contribution in [-0.4, -0.2) is 18.1 Å². The summed E-state index contributed by atoms with van der Waals surface area (Å²) in [5, 5.41) is 8.39. The third kappa shape index (κ3) is 7.24. The van der Waals surface area contributed by atoms with Gasteiger partial charge < -0.3 is 4.74 Å². The van der Waals surface area contributed by atoms with E-state index in [4.69, 9.17) is 10.00 Å². The Hall–Kier alpha value is -1.14. The van der Waals surface area contributed by atoms with Gasteiger partial charge in [0.05, 0.1) is 12.7 Å². The van der Waals surface area contributed by atoms with E-state index in [0.717, 1.165) is 31.0 Å². The number of hydrogen-bond acceptors (Lipinski definition) is 3. The Labute approximate surface area is 114 Å². The van der Waals surface area contributed by atoms with Gasteiger partial charge in [-0.05, 0) is 49.8 Å². The lowest BCUT2D eigenvalue weighted by atomic mass is 10.2. The third-order valence-corrected chi connectivity index (χ3v) is 3.70. The molecule has 1 aromatic carbocycles. The molecule has 0 amide bonds. The molecule has 0 fully saturated rings. The van der Waals surface area contributed by atoms with Crippen molar-refractivity contribution in [3.8, 4) is 11.8 Å². The van der Waals surface area contributed by atoms with Gasteiger partial charge in [-0.1, -0.05) is 17.7 Å². The van der Waals surface area contributed by atoms with E-state index >= 15 is 0 Å². The molecule has 1 rings (SSSR count). The van der Waals surface area contributed by atoms with Gasteiger partial charge >= 0.3 is 0 Å². The summed E-state index contributed by atoms with van der Waals surface area (Å²) in [6.07, 6.45) is 3.98. The van der Waals surface area contributed by atoms with Gasteiger partial charge in [0.25, 0.3) is 0 Å². The standard InChI is InChI=1S/C15H21NOS/c1-14-6-8-15(9-7-14)17-11-3-5-13-18-12-4-2-10-16/h6-9H,2-5,11-13H2,1H3. The van der Waals surface area contributed by atoms with Crippen molar-refractivity contribution in [2.75, 3.05) is 18.1 Å². The number of rotatable bonds is 9. The predicted molar refractivity (Wildman–Crippen MR) is 78.1 cm³/mol. The van der Waals surface area contributed by atoms with Crippen molar-refractivity contribution in [3.63, 3.8) is 0 Å². The summed E-state index contributed by atoms with van der Waals surface area (Å²) in [6.45, 7) is 2.87. The summed E-state index contributed by atoms with van der Waals surface area (Å²) >= 11 is 1.93. The highest BCUT2D eigenvalue weighted by atomic mass is 32.2. The lowest BCUT2D eigenvalue weighted by Crippen LogP contribution is -1.98. The first kappa shape index (κ1) is 14.9. The van der Waals surface area contributed by atoms with Crippen molar-refractivity contribution in [1.82, 2.24) is 0 Å². The zero-order valence-electron chi connectivity index (χ0n) is 11.0. The van der Waals surface area contributed by atoms with E-state index < -0.39 is 0 Å². The first-order valence-corrected chi connectivity index (χ1v) is 7.62. The Morgan fingerprint density at radius 1 is 1.11 bits per heavy atom. The van der Waals surface area contributed by atoms with Crippen LogP contribution in [0, 0.1) is 18.3 Å². The van der Waals surface area contributed by atoms with Crippen LogP contribution in [0.1, 0.15) is 31.2 Å². The molecule has 0 radical (unpaired) electrons. The van der Waals surface area contributed by atoms with Gasteiger partial charge in [-0.25, -0.2) is 0 Å². The van der Waals surface area contributed by atoms with Gasteiger partial charge in [-0.2, -0.15) is 17.0 Å². The number of unbranched alkanes of at least 4 members (excludes halogenated alkanes) is 2. The van der Waals surface area contributed by atoms with Gasteiger partial charge in [0.2, 0.25) is 0 Å². The fourth-order valence-electron chi connectivity index (χ4n) is 1.49. The highest BCUT2D eigenvalue weighted by Crippen LogP contribution is 2.12. The lowest BCUT2D eigenvalue weighted by molar-refractivity contribution is 0.310. The maximum Gasteiger partial charge on any atom is 0.119 e. The summed E-state index contributed by atoms with van der Waals surface area (Å²) < 4.78 is 5.65. The number of thioether (sulfide) groups is 1. The van der Waals surface area contributed by atoms with Crippen molar-refractivity contribution in [1.29, 1.82) is 5.26 Å². The minimum absolute atomic E-state index is 0.684. The van der Waals surface area contributed by atoms with Crippen LogP contribution in [0.25, 0.3) is 0 Å². The van der Waals surface area contributed by atoms with Crippen molar-refractivity contribution in [3.05, 3.63) is 29.8 Å². The van der Waals surface area contributed by atoms with Crippen LogP contribution in [0.2, 0.25) is 0 Å². The summed E-state index contributed by atoms with van der Waals surface area (Å²) in [4.78, 5) is 0. The van der Waals surface area contributed by atoms with Crippen LogP contribution in [0.4, 0.5) is 0 Å². The number of nitrogens with zero attached hydrogens (tertiary/aromatic N) is 1. The maximum absolute atomic E-state index is 8.39.